The summed E-state index contributed by atoms with van der Waals surface area (Å²) in [5, 5.41) is 11.4. The van der Waals surface area contributed by atoms with Crippen molar-refractivity contribution in [2.75, 3.05) is 6.61 Å². The SMILES string of the molecule is C[C@H]1c2cccc(CCC(C)(C)O)c2C[C@H](CO[Si](C)(C)C(C)(C)C)N1C(=O)Cc1c(Cl)cccc1Cl. The van der Waals surface area contributed by atoms with Crippen molar-refractivity contribution in [3.8, 4) is 0 Å². The molecule has 37 heavy (non-hydrogen) atoms. The summed E-state index contributed by atoms with van der Waals surface area (Å²) in [6.45, 7) is 17.5. The number of aliphatic hydroxyl groups is 1. The highest BCUT2D eigenvalue weighted by atomic mass is 35.5. The normalized spacial score (nSPS) is 18.6. The minimum absolute atomic E-state index is 0.00104. The van der Waals surface area contributed by atoms with Gasteiger partial charge in [-0.3, -0.25) is 4.79 Å². The molecular formula is C30H43Cl2NO3Si. The first-order valence-electron chi connectivity index (χ1n) is 13.2. The van der Waals surface area contributed by atoms with E-state index < -0.39 is 13.9 Å². The molecule has 0 saturated heterocycles. The molecule has 3 rings (SSSR count). The number of benzene rings is 2. The zero-order valence-electron chi connectivity index (χ0n) is 23.6. The van der Waals surface area contributed by atoms with Crippen molar-refractivity contribution >= 4 is 37.4 Å². The second kappa shape index (κ2) is 11.4. The van der Waals surface area contributed by atoms with Gasteiger partial charge >= 0.3 is 0 Å². The largest absolute Gasteiger partial charge is 0.415 e. The molecule has 0 bridgehead atoms. The Labute approximate surface area is 234 Å². The van der Waals surface area contributed by atoms with E-state index in [-0.39, 0.29) is 29.4 Å². The average molecular weight is 565 g/mol. The highest BCUT2D eigenvalue weighted by Crippen LogP contribution is 2.40. The Balaban J connectivity index is 1.98. The van der Waals surface area contributed by atoms with Crippen LogP contribution in [0.1, 0.15) is 76.3 Å². The van der Waals surface area contributed by atoms with Gasteiger partial charge in [-0.25, -0.2) is 0 Å². The molecule has 1 amide bonds. The number of amides is 1. The topological polar surface area (TPSA) is 49.8 Å². The van der Waals surface area contributed by atoms with Crippen LogP contribution in [0.4, 0.5) is 0 Å². The summed E-state index contributed by atoms with van der Waals surface area (Å²) in [4.78, 5) is 15.9. The fourth-order valence-corrected chi connectivity index (χ4v) is 6.37. The van der Waals surface area contributed by atoms with Gasteiger partial charge < -0.3 is 14.4 Å². The highest BCUT2D eigenvalue weighted by molar-refractivity contribution is 6.74. The molecule has 0 spiro atoms. The minimum atomic E-state index is -2.03. The molecular weight excluding hydrogens is 521 g/mol. The van der Waals surface area contributed by atoms with Crippen LogP contribution in [-0.2, 0) is 28.5 Å². The molecule has 204 valence electrons. The summed E-state index contributed by atoms with van der Waals surface area (Å²) in [6, 6.07) is 11.5. The molecule has 0 saturated carbocycles. The second-order valence-electron chi connectivity index (χ2n) is 12.6. The third-order valence-electron chi connectivity index (χ3n) is 8.14. The molecule has 2 aromatic carbocycles. The summed E-state index contributed by atoms with van der Waals surface area (Å²) < 4.78 is 6.68. The van der Waals surface area contributed by atoms with E-state index in [2.05, 4.69) is 59.0 Å². The average Bonchev–Trinajstić information content (AvgIpc) is 2.77. The molecule has 0 radical (unpaired) electrons. The van der Waals surface area contributed by atoms with E-state index >= 15 is 0 Å². The summed E-state index contributed by atoms with van der Waals surface area (Å²) >= 11 is 12.9. The van der Waals surface area contributed by atoms with Gasteiger partial charge in [0.1, 0.15) is 0 Å². The fraction of sp³-hybridized carbons (Fsp3) is 0.567. The summed E-state index contributed by atoms with van der Waals surface area (Å²) in [7, 11) is -2.03. The van der Waals surface area contributed by atoms with Crippen LogP contribution in [0.15, 0.2) is 36.4 Å². The predicted molar refractivity (Wildman–Crippen MR) is 157 cm³/mol. The first-order valence-corrected chi connectivity index (χ1v) is 16.9. The predicted octanol–water partition coefficient (Wildman–Crippen LogP) is 7.78. The quantitative estimate of drug-likeness (QED) is 0.333. The second-order valence-corrected chi connectivity index (χ2v) is 18.2. The van der Waals surface area contributed by atoms with Gasteiger partial charge in [-0.15, -0.1) is 0 Å². The molecule has 0 aliphatic carbocycles. The monoisotopic (exact) mass is 563 g/mol. The Morgan fingerprint density at radius 2 is 1.68 bits per heavy atom. The molecule has 1 N–H and O–H groups in total. The molecule has 1 aliphatic heterocycles. The van der Waals surface area contributed by atoms with Crippen LogP contribution in [0.5, 0.6) is 0 Å². The van der Waals surface area contributed by atoms with Crippen LogP contribution in [0.25, 0.3) is 0 Å². The van der Waals surface area contributed by atoms with Crippen molar-refractivity contribution in [2.24, 2.45) is 0 Å². The Hall–Kier alpha value is -1.37. The first kappa shape index (κ1) is 30.2. The minimum Gasteiger partial charge on any atom is -0.415 e. The number of carbonyl (C=O) groups excluding carboxylic acids is 1. The van der Waals surface area contributed by atoms with E-state index in [0.717, 1.165) is 18.4 Å². The van der Waals surface area contributed by atoms with Gasteiger partial charge in [-0.05, 0) is 92.6 Å². The van der Waals surface area contributed by atoms with Gasteiger partial charge in [0.25, 0.3) is 0 Å². The van der Waals surface area contributed by atoms with Gasteiger partial charge in [-0.2, -0.15) is 0 Å². The van der Waals surface area contributed by atoms with Gasteiger partial charge in [0.2, 0.25) is 5.91 Å². The molecule has 0 fully saturated rings. The Morgan fingerprint density at radius 1 is 1.08 bits per heavy atom. The number of fused-ring (bicyclic) bond motifs is 1. The zero-order chi connectivity index (χ0) is 27.8. The molecule has 1 heterocycles. The summed E-state index contributed by atoms with van der Waals surface area (Å²) in [6.07, 6.45) is 2.33. The van der Waals surface area contributed by atoms with Crippen LogP contribution >= 0.6 is 23.2 Å². The van der Waals surface area contributed by atoms with E-state index in [4.69, 9.17) is 27.6 Å². The third kappa shape index (κ3) is 7.18. The third-order valence-corrected chi connectivity index (χ3v) is 13.3. The van der Waals surface area contributed by atoms with Crippen LogP contribution in [0.2, 0.25) is 28.2 Å². The summed E-state index contributed by atoms with van der Waals surface area (Å²) in [5.41, 5.74) is 3.62. The maximum atomic E-state index is 13.9. The van der Waals surface area contributed by atoms with Crippen LogP contribution < -0.4 is 0 Å². The maximum absolute atomic E-state index is 13.9. The standard InChI is InChI=1S/C30H43Cl2NO3Si/c1-20-23-12-9-11-21(15-16-30(5,6)35)24(23)17-22(19-36-37(7,8)29(2,3)4)33(20)28(34)18-25-26(31)13-10-14-27(25)32/h9-14,20,22,35H,15-19H2,1-8H3/t20-,22+/m0/s1. The Morgan fingerprint density at radius 3 is 2.24 bits per heavy atom. The van der Waals surface area contributed by atoms with Crippen LogP contribution in [-0.4, -0.2) is 42.5 Å². The Bertz CT molecular complexity index is 1100. The van der Waals surface area contributed by atoms with Gasteiger partial charge in [-0.1, -0.05) is 68.2 Å². The van der Waals surface area contributed by atoms with Crippen molar-refractivity contribution < 1.29 is 14.3 Å². The number of hydrogen-bond donors (Lipinski definition) is 1. The van der Waals surface area contributed by atoms with Gasteiger partial charge in [0, 0.05) is 10.0 Å². The maximum Gasteiger partial charge on any atom is 0.227 e. The van der Waals surface area contributed by atoms with Crippen LogP contribution in [0.3, 0.4) is 0 Å². The van der Waals surface area contributed by atoms with Crippen molar-refractivity contribution in [3.05, 3.63) is 68.7 Å². The smallest absolute Gasteiger partial charge is 0.227 e. The van der Waals surface area contributed by atoms with Gasteiger partial charge in [0.05, 0.1) is 30.7 Å². The molecule has 0 aromatic heterocycles. The number of nitrogens with zero attached hydrogens (tertiary/aromatic N) is 1. The molecule has 2 atom stereocenters. The first-order chi connectivity index (χ1) is 17.0. The van der Waals surface area contributed by atoms with Gasteiger partial charge in [0.15, 0.2) is 8.32 Å². The Kier molecular flexibility index (Phi) is 9.29. The molecule has 0 unspecified atom stereocenters. The number of carbonyl (C=O) groups is 1. The van der Waals surface area contributed by atoms with E-state index in [1.165, 1.54) is 11.1 Å². The number of rotatable bonds is 8. The van der Waals surface area contributed by atoms with E-state index in [9.17, 15) is 9.90 Å². The lowest BCUT2D eigenvalue weighted by Gasteiger charge is -2.45. The van der Waals surface area contributed by atoms with Crippen molar-refractivity contribution in [1.82, 2.24) is 4.90 Å². The molecule has 7 heteroatoms. The number of aryl methyl sites for hydroxylation is 1. The zero-order valence-corrected chi connectivity index (χ0v) is 26.1. The lowest BCUT2D eigenvalue weighted by atomic mass is 9.83. The lowest BCUT2D eigenvalue weighted by molar-refractivity contribution is -0.137. The van der Waals surface area contributed by atoms with E-state index in [1.807, 2.05) is 18.7 Å². The van der Waals surface area contributed by atoms with Crippen LogP contribution in [0, 0.1) is 0 Å². The number of hydrogen-bond acceptors (Lipinski definition) is 3. The lowest BCUT2D eigenvalue weighted by Crippen LogP contribution is -2.52. The van der Waals surface area contributed by atoms with E-state index in [1.54, 1.807) is 18.2 Å². The van der Waals surface area contributed by atoms with E-state index in [0.29, 0.717) is 28.6 Å². The highest BCUT2D eigenvalue weighted by Gasteiger charge is 2.41. The number of halogens is 2. The van der Waals surface area contributed by atoms with Crippen molar-refractivity contribution in [2.45, 2.75) is 103 Å². The van der Waals surface area contributed by atoms with Crippen molar-refractivity contribution in [3.63, 3.8) is 0 Å². The molecule has 1 aliphatic rings. The van der Waals surface area contributed by atoms with Crippen molar-refractivity contribution in [1.29, 1.82) is 0 Å². The summed E-state index contributed by atoms with van der Waals surface area (Å²) in [5.74, 6) is -0.00104. The molecule has 2 aromatic rings. The molecule has 4 nitrogen and oxygen atoms in total. The fourth-order valence-electron chi connectivity index (χ4n) is 4.79.